The third-order valence-corrected chi connectivity index (χ3v) is 3.19. The number of nitrogens with zero attached hydrogens (tertiary/aromatic N) is 3. The molecule has 3 rings (SSSR count). The van der Waals surface area contributed by atoms with E-state index in [9.17, 15) is 4.39 Å². The maximum absolute atomic E-state index is 13.7. The number of anilines is 4. The van der Waals surface area contributed by atoms with Gasteiger partial charge in [-0.25, -0.2) is 4.39 Å². The summed E-state index contributed by atoms with van der Waals surface area (Å²) in [6, 6.07) is 13.8. The van der Waals surface area contributed by atoms with Crippen molar-refractivity contribution in [1.29, 1.82) is 0 Å². The second-order valence-electron chi connectivity index (χ2n) is 5.56. The molecule has 1 aromatic heterocycles. The van der Waals surface area contributed by atoms with E-state index in [1.807, 2.05) is 38.1 Å². The monoisotopic (exact) mass is 339 g/mol. The molecule has 7 heteroatoms. The van der Waals surface area contributed by atoms with Crippen LogP contribution in [0.15, 0.2) is 54.7 Å². The van der Waals surface area contributed by atoms with Gasteiger partial charge in [-0.1, -0.05) is 24.3 Å². The normalized spacial score (nSPS) is 10.6. The molecular weight excluding hydrogens is 321 g/mol. The first-order valence-electron chi connectivity index (χ1n) is 7.86. The summed E-state index contributed by atoms with van der Waals surface area (Å²) >= 11 is 0. The maximum atomic E-state index is 13.7. The SMILES string of the molecule is CC(C)Oc1ccccc1Nc1cnnc(Nc2ccccc2F)n1. The van der Waals surface area contributed by atoms with E-state index in [4.69, 9.17) is 4.74 Å². The van der Waals surface area contributed by atoms with Gasteiger partial charge in [0.05, 0.1) is 23.7 Å². The lowest BCUT2D eigenvalue weighted by atomic mass is 10.3. The molecule has 2 aromatic carbocycles. The van der Waals surface area contributed by atoms with Crippen LogP contribution in [0.4, 0.5) is 27.5 Å². The van der Waals surface area contributed by atoms with Crippen molar-refractivity contribution in [2.75, 3.05) is 10.6 Å². The first-order valence-corrected chi connectivity index (χ1v) is 7.86. The summed E-state index contributed by atoms with van der Waals surface area (Å²) in [5.74, 6) is 0.978. The Labute approximate surface area is 145 Å². The van der Waals surface area contributed by atoms with Crippen molar-refractivity contribution in [2.24, 2.45) is 0 Å². The summed E-state index contributed by atoms with van der Waals surface area (Å²) < 4.78 is 19.5. The minimum absolute atomic E-state index is 0.0461. The van der Waals surface area contributed by atoms with E-state index in [0.29, 0.717) is 11.6 Å². The van der Waals surface area contributed by atoms with Crippen LogP contribution in [-0.2, 0) is 0 Å². The molecule has 0 radical (unpaired) electrons. The molecule has 0 saturated heterocycles. The van der Waals surface area contributed by atoms with Crippen molar-refractivity contribution >= 4 is 23.1 Å². The van der Waals surface area contributed by atoms with Crippen LogP contribution in [0.5, 0.6) is 5.75 Å². The number of hydrogen-bond donors (Lipinski definition) is 2. The summed E-state index contributed by atoms with van der Waals surface area (Å²) in [7, 11) is 0. The molecular formula is C18H18FN5O. The number of nitrogens with one attached hydrogen (secondary N) is 2. The van der Waals surface area contributed by atoms with Crippen LogP contribution in [0.25, 0.3) is 0 Å². The molecule has 0 spiro atoms. The second kappa shape index (κ2) is 7.57. The lowest BCUT2D eigenvalue weighted by Crippen LogP contribution is -2.08. The molecule has 0 amide bonds. The van der Waals surface area contributed by atoms with Crippen LogP contribution in [-0.4, -0.2) is 21.3 Å². The Kier molecular flexibility index (Phi) is 5.03. The number of aromatic nitrogens is 3. The quantitative estimate of drug-likeness (QED) is 0.698. The highest BCUT2D eigenvalue weighted by Crippen LogP contribution is 2.27. The molecule has 0 unspecified atom stereocenters. The first kappa shape index (κ1) is 16.6. The fraction of sp³-hybridized carbons (Fsp3) is 0.167. The van der Waals surface area contributed by atoms with Gasteiger partial charge >= 0.3 is 0 Å². The first-order chi connectivity index (χ1) is 12.1. The molecule has 1 heterocycles. The third-order valence-electron chi connectivity index (χ3n) is 3.19. The maximum Gasteiger partial charge on any atom is 0.249 e. The van der Waals surface area contributed by atoms with Crippen molar-refractivity contribution in [3.05, 3.63) is 60.5 Å². The highest BCUT2D eigenvalue weighted by atomic mass is 19.1. The summed E-state index contributed by atoms with van der Waals surface area (Å²) in [6.45, 7) is 3.92. The number of rotatable bonds is 6. The molecule has 128 valence electrons. The van der Waals surface area contributed by atoms with Crippen LogP contribution >= 0.6 is 0 Å². The van der Waals surface area contributed by atoms with Crippen LogP contribution in [0, 0.1) is 5.82 Å². The van der Waals surface area contributed by atoms with Gasteiger partial charge in [0.1, 0.15) is 11.6 Å². The Morgan fingerprint density at radius 2 is 1.68 bits per heavy atom. The lowest BCUT2D eigenvalue weighted by molar-refractivity contribution is 0.244. The van der Waals surface area contributed by atoms with Crippen molar-refractivity contribution in [2.45, 2.75) is 20.0 Å². The van der Waals surface area contributed by atoms with Crippen LogP contribution in [0.3, 0.4) is 0 Å². The topological polar surface area (TPSA) is 72.0 Å². The van der Waals surface area contributed by atoms with Gasteiger partial charge in [-0.3, -0.25) is 0 Å². The number of hydrogen-bond acceptors (Lipinski definition) is 6. The second-order valence-corrected chi connectivity index (χ2v) is 5.56. The van der Waals surface area contributed by atoms with Gasteiger partial charge in [0.2, 0.25) is 5.95 Å². The fourth-order valence-corrected chi connectivity index (χ4v) is 2.16. The molecule has 0 atom stereocenters. The lowest BCUT2D eigenvalue weighted by Gasteiger charge is -2.15. The fourth-order valence-electron chi connectivity index (χ4n) is 2.16. The molecule has 0 aliphatic carbocycles. The molecule has 6 nitrogen and oxygen atoms in total. The van der Waals surface area contributed by atoms with Gasteiger partial charge in [0, 0.05) is 0 Å². The van der Waals surface area contributed by atoms with E-state index >= 15 is 0 Å². The van der Waals surface area contributed by atoms with E-state index in [1.165, 1.54) is 12.3 Å². The van der Waals surface area contributed by atoms with Gasteiger partial charge in [0.15, 0.2) is 5.82 Å². The predicted octanol–water partition coefficient (Wildman–Crippen LogP) is 4.29. The minimum atomic E-state index is -0.389. The number of benzene rings is 2. The summed E-state index contributed by atoms with van der Waals surface area (Å²) in [5.41, 5.74) is 1.04. The molecule has 2 N–H and O–H groups in total. The van der Waals surface area contributed by atoms with Crippen molar-refractivity contribution < 1.29 is 9.13 Å². The molecule has 0 fully saturated rings. The summed E-state index contributed by atoms with van der Waals surface area (Å²) in [4.78, 5) is 4.31. The van der Waals surface area contributed by atoms with Gasteiger partial charge in [0.25, 0.3) is 0 Å². The summed E-state index contributed by atoms with van der Waals surface area (Å²) in [6.07, 6.45) is 1.53. The highest BCUT2D eigenvalue weighted by molar-refractivity contribution is 5.64. The number of halogens is 1. The van der Waals surface area contributed by atoms with Crippen LogP contribution in [0.2, 0.25) is 0 Å². The van der Waals surface area contributed by atoms with E-state index in [2.05, 4.69) is 25.8 Å². The zero-order valence-corrected chi connectivity index (χ0v) is 13.9. The van der Waals surface area contributed by atoms with Crippen LogP contribution < -0.4 is 15.4 Å². The Balaban J connectivity index is 1.80. The molecule has 0 aliphatic rings. The van der Waals surface area contributed by atoms with Gasteiger partial charge in [-0.05, 0) is 38.1 Å². The standard InChI is InChI=1S/C18H18FN5O/c1-12(2)25-16-10-6-5-9-15(16)21-17-11-20-24-18(23-17)22-14-8-4-3-7-13(14)19/h3-12H,1-2H3,(H2,21,22,23,24). The Morgan fingerprint density at radius 1 is 0.960 bits per heavy atom. The Hall–Kier alpha value is -3.22. The zero-order chi connectivity index (χ0) is 17.6. The molecule has 0 saturated carbocycles. The van der Waals surface area contributed by atoms with E-state index in [0.717, 1.165) is 5.69 Å². The van der Waals surface area contributed by atoms with Gasteiger partial charge < -0.3 is 15.4 Å². The van der Waals surface area contributed by atoms with Crippen molar-refractivity contribution in [3.8, 4) is 5.75 Å². The molecule has 25 heavy (non-hydrogen) atoms. The van der Waals surface area contributed by atoms with Crippen LogP contribution in [0.1, 0.15) is 13.8 Å². The Morgan fingerprint density at radius 3 is 2.44 bits per heavy atom. The van der Waals surface area contributed by atoms with E-state index < -0.39 is 0 Å². The highest BCUT2D eigenvalue weighted by Gasteiger charge is 2.08. The van der Waals surface area contributed by atoms with Gasteiger partial charge in [-0.15, -0.1) is 5.10 Å². The van der Waals surface area contributed by atoms with Crippen molar-refractivity contribution in [1.82, 2.24) is 15.2 Å². The molecule has 0 bridgehead atoms. The largest absolute Gasteiger partial charge is 0.489 e. The average Bonchev–Trinajstić information content (AvgIpc) is 2.59. The van der Waals surface area contributed by atoms with Crippen molar-refractivity contribution in [3.63, 3.8) is 0 Å². The summed E-state index contributed by atoms with van der Waals surface area (Å²) in [5, 5.41) is 13.7. The van der Waals surface area contributed by atoms with E-state index in [-0.39, 0.29) is 23.6 Å². The average molecular weight is 339 g/mol. The zero-order valence-electron chi connectivity index (χ0n) is 13.9. The smallest absolute Gasteiger partial charge is 0.249 e. The minimum Gasteiger partial charge on any atom is -0.489 e. The molecule has 3 aromatic rings. The molecule has 0 aliphatic heterocycles. The predicted molar refractivity (Wildman–Crippen MR) is 95.0 cm³/mol. The number of ether oxygens (including phenoxy) is 1. The third kappa shape index (κ3) is 4.41. The number of para-hydroxylation sites is 3. The Bertz CT molecular complexity index is 856. The van der Waals surface area contributed by atoms with E-state index in [1.54, 1.807) is 18.2 Å². The van der Waals surface area contributed by atoms with Gasteiger partial charge in [-0.2, -0.15) is 10.1 Å².